The van der Waals surface area contributed by atoms with Crippen molar-refractivity contribution in [1.82, 2.24) is 9.55 Å². The Kier molecular flexibility index (Phi) is 6.67. The third-order valence-corrected chi connectivity index (χ3v) is 4.54. The van der Waals surface area contributed by atoms with Crippen molar-refractivity contribution in [3.63, 3.8) is 0 Å². The number of nitrogens with zero attached hydrogens (tertiary/aromatic N) is 3. The van der Waals surface area contributed by atoms with E-state index in [1.54, 1.807) is 29.7 Å². The molecular formula is C17H20ClN3O2S. The summed E-state index contributed by atoms with van der Waals surface area (Å²) in [4.78, 5) is 17.3. The molecule has 0 saturated carbocycles. The zero-order valence-electron chi connectivity index (χ0n) is 14.0. The van der Waals surface area contributed by atoms with Gasteiger partial charge in [0.1, 0.15) is 0 Å². The summed E-state index contributed by atoms with van der Waals surface area (Å²) in [7, 11) is 0. The van der Waals surface area contributed by atoms with Gasteiger partial charge in [-0.05, 0) is 45.4 Å². The standard InChI is InChI=1S/C17H20ClN3O2S/c1-11(2)23-8-4-7-21-16(22)14-6-5-13(18)9-15(14)20-17(21)24-12(3)10-19/h5-6,9,11-12H,4,7-8H2,1-3H3/t12-/m0/s1. The van der Waals surface area contributed by atoms with E-state index in [-0.39, 0.29) is 16.9 Å². The molecule has 2 aromatic rings. The summed E-state index contributed by atoms with van der Waals surface area (Å²) in [5.41, 5.74) is 0.434. The first-order chi connectivity index (χ1) is 11.4. The van der Waals surface area contributed by atoms with Crippen LogP contribution >= 0.6 is 23.4 Å². The minimum absolute atomic E-state index is 0.117. The Balaban J connectivity index is 2.39. The average Bonchev–Trinajstić information content (AvgIpc) is 2.53. The molecule has 0 aliphatic rings. The van der Waals surface area contributed by atoms with Crippen molar-refractivity contribution in [1.29, 1.82) is 5.26 Å². The lowest BCUT2D eigenvalue weighted by atomic mass is 10.2. The predicted molar refractivity (Wildman–Crippen MR) is 97.7 cm³/mol. The fraction of sp³-hybridized carbons (Fsp3) is 0.471. The van der Waals surface area contributed by atoms with E-state index in [2.05, 4.69) is 11.1 Å². The number of hydrogen-bond acceptors (Lipinski definition) is 5. The lowest BCUT2D eigenvalue weighted by Gasteiger charge is -2.14. The number of ether oxygens (including phenoxy) is 1. The maximum Gasteiger partial charge on any atom is 0.262 e. The van der Waals surface area contributed by atoms with Gasteiger partial charge in [0.25, 0.3) is 5.56 Å². The zero-order chi connectivity index (χ0) is 17.7. The van der Waals surface area contributed by atoms with E-state index in [0.717, 1.165) is 0 Å². The number of fused-ring (bicyclic) bond motifs is 1. The van der Waals surface area contributed by atoms with Crippen molar-refractivity contribution in [2.24, 2.45) is 0 Å². The lowest BCUT2D eigenvalue weighted by molar-refractivity contribution is 0.0743. The van der Waals surface area contributed by atoms with E-state index in [4.69, 9.17) is 21.6 Å². The van der Waals surface area contributed by atoms with Gasteiger partial charge in [0.05, 0.1) is 28.3 Å². The molecule has 1 aromatic heterocycles. The molecule has 24 heavy (non-hydrogen) atoms. The molecule has 0 aliphatic carbocycles. The number of benzene rings is 1. The van der Waals surface area contributed by atoms with Gasteiger partial charge in [-0.25, -0.2) is 4.98 Å². The second-order valence-electron chi connectivity index (χ2n) is 5.67. The van der Waals surface area contributed by atoms with E-state index in [9.17, 15) is 4.79 Å². The molecule has 1 heterocycles. The predicted octanol–water partition coefficient (Wildman–Crippen LogP) is 3.87. The van der Waals surface area contributed by atoms with Gasteiger partial charge in [0.2, 0.25) is 0 Å². The first-order valence-corrected chi connectivity index (χ1v) is 9.06. The highest BCUT2D eigenvalue weighted by molar-refractivity contribution is 8.00. The Bertz CT molecular complexity index is 814. The number of thioether (sulfide) groups is 1. The van der Waals surface area contributed by atoms with Crippen LogP contribution in [-0.4, -0.2) is 27.5 Å². The van der Waals surface area contributed by atoms with Gasteiger partial charge in [0, 0.05) is 18.2 Å². The Hall–Kier alpha value is -1.55. The van der Waals surface area contributed by atoms with Crippen LogP contribution in [0.5, 0.6) is 0 Å². The topological polar surface area (TPSA) is 67.9 Å². The van der Waals surface area contributed by atoms with Crippen LogP contribution in [0.1, 0.15) is 27.2 Å². The maximum absolute atomic E-state index is 12.8. The number of hydrogen-bond donors (Lipinski definition) is 0. The van der Waals surface area contributed by atoms with E-state index >= 15 is 0 Å². The maximum atomic E-state index is 12.8. The molecule has 0 fully saturated rings. The van der Waals surface area contributed by atoms with E-state index in [1.165, 1.54) is 11.8 Å². The number of nitriles is 1. The summed E-state index contributed by atoms with van der Waals surface area (Å²) in [5, 5.41) is 10.4. The van der Waals surface area contributed by atoms with Crippen LogP contribution in [0.2, 0.25) is 5.02 Å². The van der Waals surface area contributed by atoms with E-state index in [1.807, 2.05) is 13.8 Å². The second-order valence-corrected chi connectivity index (χ2v) is 7.42. The summed E-state index contributed by atoms with van der Waals surface area (Å²) in [6, 6.07) is 7.21. The van der Waals surface area contributed by atoms with Crippen LogP contribution < -0.4 is 5.56 Å². The summed E-state index contributed by atoms with van der Waals surface area (Å²) in [5.74, 6) is 0. The van der Waals surface area contributed by atoms with Crippen molar-refractivity contribution >= 4 is 34.3 Å². The highest BCUT2D eigenvalue weighted by Crippen LogP contribution is 2.23. The highest BCUT2D eigenvalue weighted by atomic mass is 35.5. The van der Waals surface area contributed by atoms with E-state index < -0.39 is 0 Å². The van der Waals surface area contributed by atoms with Crippen molar-refractivity contribution in [2.75, 3.05) is 6.61 Å². The fourth-order valence-corrected chi connectivity index (χ4v) is 3.17. The van der Waals surface area contributed by atoms with Gasteiger partial charge in [-0.3, -0.25) is 9.36 Å². The summed E-state index contributed by atoms with van der Waals surface area (Å²) in [6.07, 6.45) is 0.860. The Morgan fingerprint density at radius 2 is 2.17 bits per heavy atom. The number of aromatic nitrogens is 2. The smallest absolute Gasteiger partial charge is 0.262 e. The SMILES string of the molecule is CC(C)OCCCn1c(S[C@@H](C)C#N)nc2cc(Cl)ccc2c1=O. The number of rotatable bonds is 7. The monoisotopic (exact) mass is 365 g/mol. The molecule has 0 aliphatic heterocycles. The van der Waals surface area contributed by atoms with Crippen LogP contribution in [0.15, 0.2) is 28.2 Å². The fourth-order valence-electron chi connectivity index (χ4n) is 2.19. The molecule has 1 atom stereocenters. The first-order valence-electron chi connectivity index (χ1n) is 7.80. The molecule has 0 N–H and O–H groups in total. The Morgan fingerprint density at radius 3 is 2.83 bits per heavy atom. The van der Waals surface area contributed by atoms with Gasteiger partial charge < -0.3 is 4.74 Å². The molecule has 128 valence electrons. The highest BCUT2D eigenvalue weighted by Gasteiger charge is 2.14. The second kappa shape index (κ2) is 8.52. The van der Waals surface area contributed by atoms with Crippen molar-refractivity contribution in [2.45, 2.75) is 50.2 Å². The van der Waals surface area contributed by atoms with Gasteiger partial charge in [-0.15, -0.1) is 0 Å². The first kappa shape index (κ1) is 18.8. The molecule has 5 nitrogen and oxygen atoms in total. The van der Waals surface area contributed by atoms with Crippen LogP contribution in [0.4, 0.5) is 0 Å². The molecule has 7 heteroatoms. The van der Waals surface area contributed by atoms with Crippen molar-refractivity contribution in [3.8, 4) is 6.07 Å². The Morgan fingerprint density at radius 1 is 1.42 bits per heavy atom. The van der Waals surface area contributed by atoms with Crippen molar-refractivity contribution < 1.29 is 4.74 Å². The molecule has 0 spiro atoms. The molecule has 0 saturated heterocycles. The van der Waals surface area contributed by atoms with Crippen LogP contribution in [0.25, 0.3) is 10.9 Å². The largest absolute Gasteiger partial charge is 0.379 e. The summed E-state index contributed by atoms with van der Waals surface area (Å²) < 4.78 is 7.16. The van der Waals surface area contributed by atoms with Crippen molar-refractivity contribution in [3.05, 3.63) is 33.6 Å². The van der Waals surface area contributed by atoms with Gasteiger partial charge >= 0.3 is 0 Å². The molecule has 2 rings (SSSR count). The quantitative estimate of drug-likeness (QED) is 0.423. The number of halogens is 1. The van der Waals surface area contributed by atoms with Crippen LogP contribution in [-0.2, 0) is 11.3 Å². The Labute approximate surface area is 150 Å². The molecular weight excluding hydrogens is 346 g/mol. The molecule has 0 radical (unpaired) electrons. The van der Waals surface area contributed by atoms with Crippen LogP contribution in [0, 0.1) is 11.3 Å². The molecule has 0 unspecified atom stereocenters. The van der Waals surface area contributed by atoms with Gasteiger partial charge in [-0.1, -0.05) is 23.4 Å². The van der Waals surface area contributed by atoms with Gasteiger partial charge in [0.15, 0.2) is 5.16 Å². The molecule has 1 aromatic carbocycles. The average molecular weight is 366 g/mol. The van der Waals surface area contributed by atoms with Crippen LogP contribution in [0.3, 0.4) is 0 Å². The minimum atomic E-state index is -0.299. The lowest BCUT2D eigenvalue weighted by Crippen LogP contribution is -2.24. The minimum Gasteiger partial charge on any atom is -0.379 e. The summed E-state index contributed by atoms with van der Waals surface area (Å²) in [6.45, 7) is 6.80. The zero-order valence-corrected chi connectivity index (χ0v) is 15.5. The third kappa shape index (κ3) is 4.73. The molecule has 0 amide bonds. The third-order valence-electron chi connectivity index (χ3n) is 3.32. The molecule has 0 bridgehead atoms. The van der Waals surface area contributed by atoms with Gasteiger partial charge in [-0.2, -0.15) is 5.26 Å². The normalized spacial score (nSPS) is 12.5. The summed E-state index contributed by atoms with van der Waals surface area (Å²) >= 11 is 7.28. The van der Waals surface area contributed by atoms with E-state index in [0.29, 0.717) is 40.7 Å².